The molecule has 5 heteroatoms. The molecule has 0 saturated heterocycles. The van der Waals surface area contributed by atoms with Crippen molar-refractivity contribution in [1.82, 2.24) is 20.5 Å². The summed E-state index contributed by atoms with van der Waals surface area (Å²) in [4.78, 5) is 15.5. The summed E-state index contributed by atoms with van der Waals surface area (Å²) in [7, 11) is 0. The van der Waals surface area contributed by atoms with Crippen LogP contribution in [-0.4, -0.2) is 21.1 Å². The van der Waals surface area contributed by atoms with Crippen LogP contribution in [0.4, 0.5) is 0 Å². The molecule has 0 aliphatic rings. The standard InChI is InChI=1S/C17H20N4O/c1-9-5-13(16-14(6-9)11(3)12(4)19-16)8-18-17(22)15-7-10(2)20-21-15/h5-7,19H,8H2,1-4H3,(H,18,22)(H,20,21). The first-order chi connectivity index (χ1) is 10.5. The summed E-state index contributed by atoms with van der Waals surface area (Å²) in [6.07, 6.45) is 0. The van der Waals surface area contributed by atoms with E-state index in [2.05, 4.69) is 53.4 Å². The van der Waals surface area contributed by atoms with Gasteiger partial charge in [-0.2, -0.15) is 5.10 Å². The summed E-state index contributed by atoms with van der Waals surface area (Å²) in [5.74, 6) is -0.168. The van der Waals surface area contributed by atoms with Gasteiger partial charge in [0.05, 0.1) is 5.52 Å². The molecule has 0 aliphatic carbocycles. The molecule has 5 nitrogen and oxygen atoms in total. The van der Waals surface area contributed by atoms with Crippen LogP contribution in [0.25, 0.3) is 10.9 Å². The molecule has 114 valence electrons. The number of hydrogen-bond acceptors (Lipinski definition) is 2. The number of aryl methyl sites for hydroxylation is 4. The molecule has 0 bridgehead atoms. The molecule has 0 unspecified atom stereocenters. The highest BCUT2D eigenvalue weighted by atomic mass is 16.1. The van der Waals surface area contributed by atoms with Gasteiger partial charge in [-0.1, -0.05) is 11.6 Å². The van der Waals surface area contributed by atoms with Gasteiger partial charge >= 0.3 is 0 Å². The van der Waals surface area contributed by atoms with Crippen molar-refractivity contribution in [3.63, 3.8) is 0 Å². The van der Waals surface area contributed by atoms with Crippen LogP contribution >= 0.6 is 0 Å². The molecular weight excluding hydrogens is 276 g/mol. The molecule has 2 aromatic heterocycles. The van der Waals surface area contributed by atoms with Crippen LogP contribution in [-0.2, 0) is 6.54 Å². The molecule has 1 amide bonds. The third kappa shape index (κ3) is 2.50. The van der Waals surface area contributed by atoms with Crippen LogP contribution in [0.3, 0.4) is 0 Å². The number of aromatic amines is 2. The zero-order chi connectivity index (χ0) is 15.9. The fourth-order valence-electron chi connectivity index (χ4n) is 2.73. The number of nitrogens with zero attached hydrogens (tertiary/aromatic N) is 1. The van der Waals surface area contributed by atoms with E-state index in [-0.39, 0.29) is 5.91 Å². The van der Waals surface area contributed by atoms with Gasteiger partial charge in [0, 0.05) is 23.3 Å². The van der Waals surface area contributed by atoms with Crippen molar-refractivity contribution in [2.24, 2.45) is 0 Å². The minimum absolute atomic E-state index is 0.168. The van der Waals surface area contributed by atoms with E-state index in [9.17, 15) is 4.79 Å². The smallest absolute Gasteiger partial charge is 0.272 e. The van der Waals surface area contributed by atoms with Crippen LogP contribution in [0.5, 0.6) is 0 Å². The van der Waals surface area contributed by atoms with Gasteiger partial charge in [-0.05, 0) is 51.0 Å². The molecule has 0 spiro atoms. The van der Waals surface area contributed by atoms with Crippen LogP contribution in [0, 0.1) is 27.7 Å². The maximum Gasteiger partial charge on any atom is 0.272 e. The van der Waals surface area contributed by atoms with Crippen molar-refractivity contribution >= 4 is 16.8 Å². The van der Waals surface area contributed by atoms with Gasteiger partial charge in [0.25, 0.3) is 5.91 Å². The summed E-state index contributed by atoms with van der Waals surface area (Å²) in [6.45, 7) is 8.60. The third-order valence-corrected chi connectivity index (χ3v) is 4.02. The van der Waals surface area contributed by atoms with Crippen molar-refractivity contribution in [2.75, 3.05) is 0 Å². The monoisotopic (exact) mass is 296 g/mol. The number of H-pyrrole nitrogens is 2. The van der Waals surface area contributed by atoms with Gasteiger partial charge in [0.15, 0.2) is 0 Å². The summed E-state index contributed by atoms with van der Waals surface area (Å²) in [5, 5.41) is 10.9. The van der Waals surface area contributed by atoms with E-state index in [0.717, 1.165) is 22.5 Å². The number of rotatable bonds is 3. The van der Waals surface area contributed by atoms with E-state index >= 15 is 0 Å². The fraction of sp³-hybridized carbons (Fsp3) is 0.294. The highest BCUT2D eigenvalue weighted by Crippen LogP contribution is 2.26. The molecule has 0 saturated carbocycles. The third-order valence-electron chi connectivity index (χ3n) is 4.02. The van der Waals surface area contributed by atoms with Gasteiger partial charge in [-0.15, -0.1) is 0 Å². The number of aromatic nitrogens is 3. The lowest BCUT2D eigenvalue weighted by Gasteiger charge is -2.07. The van der Waals surface area contributed by atoms with Crippen molar-refractivity contribution in [3.05, 3.63) is 52.0 Å². The fourth-order valence-corrected chi connectivity index (χ4v) is 2.73. The van der Waals surface area contributed by atoms with Crippen molar-refractivity contribution < 1.29 is 4.79 Å². The first kappa shape index (κ1) is 14.4. The summed E-state index contributed by atoms with van der Waals surface area (Å²) >= 11 is 0. The number of amides is 1. The van der Waals surface area contributed by atoms with Crippen molar-refractivity contribution in [2.45, 2.75) is 34.2 Å². The highest BCUT2D eigenvalue weighted by Gasteiger charge is 2.12. The Morgan fingerprint density at radius 3 is 2.64 bits per heavy atom. The number of benzene rings is 1. The second kappa shape index (κ2) is 5.33. The first-order valence-electron chi connectivity index (χ1n) is 7.34. The zero-order valence-corrected chi connectivity index (χ0v) is 13.3. The molecule has 0 aliphatic heterocycles. The van der Waals surface area contributed by atoms with Gasteiger partial charge in [-0.25, -0.2) is 0 Å². The molecule has 0 atom stereocenters. The second-order valence-corrected chi connectivity index (χ2v) is 5.84. The lowest BCUT2D eigenvalue weighted by atomic mass is 10.0. The highest BCUT2D eigenvalue weighted by molar-refractivity contribution is 5.93. The normalized spacial score (nSPS) is 11.1. The predicted octanol–water partition coefficient (Wildman–Crippen LogP) is 3.05. The average Bonchev–Trinajstić information content (AvgIpc) is 3.02. The summed E-state index contributed by atoms with van der Waals surface area (Å²) in [6, 6.07) is 6.02. The van der Waals surface area contributed by atoms with Gasteiger partial charge < -0.3 is 10.3 Å². The molecule has 0 radical (unpaired) electrons. The Hall–Kier alpha value is -2.56. The molecule has 3 rings (SSSR count). The molecule has 1 aromatic carbocycles. The number of nitrogens with one attached hydrogen (secondary N) is 3. The maximum absolute atomic E-state index is 12.1. The first-order valence-corrected chi connectivity index (χ1v) is 7.34. The Balaban J connectivity index is 1.87. The van der Waals surface area contributed by atoms with E-state index in [1.54, 1.807) is 6.07 Å². The number of hydrogen-bond donors (Lipinski definition) is 3. The minimum Gasteiger partial charge on any atom is -0.358 e. The zero-order valence-electron chi connectivity index (χ0n) is 13.3. The molecule has 2 heterocycles. The SMILES string of the molecule is Cc1cc(CNC(=O)c2cc(C)[nH]n2)c2[nH]c(C)c(C)c2c1. The molecule has 22 heavy (non-hydrogen) atoms. The van der Waals surface area contributed by atoms with E-state index in [1.807, 2.05) is 6.92 Å². The van der Waals surface area contributed by atoms with Crippen molar-refractivity contribution in [1.29, 1.82) is 0 Å². The quantitative estimate of drug-likeness (QED) is 0.695. The van der Waals surface area contributed by atoms with E-state index in [4.69, 9.17) is 0 Å². The van der Waals surface area contributed by atoms with Crippen LogP contribution in [0.1, 0.15) is 38.6 Å². The van der Waals surface area contributed by atoms with Gasteiger partial charge in [-0.3, -0.25) is 9.89 Å². The summed E-state index contributed by atoms with van der Waals surface area (Å²) < 4.78 is 0. The minimum atomic E-state index is -0.168. The number of carbonyl (C=O) groups excluding carboxylic acids is 1. The molecule has 0 fully saturated rings. The Kier molecular flexibility index (Phi) is 3.48. The predicted molar refractivity (Wildman–Crippen MR) is 87.0 cm³/mol. The van der Waals surface area contributed by atoms with Crippen LogP contribution in [0.15, 0.2) is 18.2 Å². The molecule has 3 N–H and O–H groups in total. The second-order valence-electron chi connectivity index (χ2n) is 5.84. The van der Waals surface area contributed by atoms with Gasteiger partial charge in [0.2, 0.25) is 0 Å². The van der Waals surface area contributed by atoms with Crippen molar-refractivity contribution in [3.8, 4) is 0 Å². The lowest BCUT2D eigenvalue weighted by Crippen LogP contribution is -2.23. The Morgan fingerprint density at radius 2 is 1.95 bits per heavy atom. The average molecular weight is 296 g/mol. The number of carbonyl (C=O) groups is 1. The Labute approximate surface area is 129 Å². The Morgan fingerprint density at radius 1 is 1.18 bits per heavy atom. The van der Waals surface area contributed by atoms with E-state index < -0.39 is 0 Å². The molecule has 3 aromatic rings. The lowest BCUT2D eigenvalue weighted by molar-refractivity contribution is 0.0946. The van der Waals surface area contributed by atoms with Crippen LogP contribution in [0.2, 0.25) is 0 Å². The van der Waals surface area contributed by atoms with E-state index in [1.165, 1.54) is 16.5 Å². The van der Waals surface area contributed by atoms with Crippen LogP contribution < -0.4 is 5.32 Å². The topological polar surface area (TPSA) is 73.6 Å². The number of fused-ring (bicyclic) bond motifs is 1. The largest absolute Gasteiger partial charge is 0.358 e. The Bertz CT molecular complexity index is 857. The van der Waals surface area contributed by atoms with Gasteiger partial charge in [0.1, 0.15) is 5.69 Å². The maximum atomic E-state index is 12.1. The van der Waals surface area contributed by atoms with E-state index in [0.29, 0.717) is 12.2 Å². The summed E-state index contributed by atoms with van der Waals surface area (Å²) in [5.41, 5.74) is 7.09. The molecular formula is C17H20N4O.